The largest absolute Gasteiger partial charge is 0.361 e. The Morgan fingerprint density at radius 3 is 2.36 bits per heavy atom. The van der Waals surface area contributed by atoms with E-state index in [4.69, 9.17) is 11.6 Å². The van der Waals surface area contributed by atoms with Gasteiger partial charge in [-0.15, -0.1) is 0 Å². The molecular formula is C27H37ClN4O. The Morgan fingerprint density at radius 1 is 1.03 bits per heavy atom. The third-order valence-corrected chi connectivity index (χ3v) is 7.11. The molecule has 2 aromatic carbocycles. The van der Waals surface area contributed by atoms with Gasteiger partial charge >= 0.3 is 0 Å². The van der Waals surface area contributed by atoms with Crippen molar-refractivity contribution >= 4 is 23.2 Å². The minimum Gasteiger partial charge on any atom is -0.361 e. The molecule has 2 atom stereocenters. The van der Waals surface area contributed by atoms with Crippen LogP contribution in [-0.4, -0.2) is 61.0 Å². The van der Waals surface area contributed by atoms with Crippen LogP contribution in [0.5, 0.6) is 0 Å². The van der Waals surface area contributed by atoms with E-state index in [1.165, 1.54) is 11.1 Å². The number of nitrogens with zero attached hydrogens (tertiary/aromatic N) is 3. The third-order valence-electron chi connectivity index (χ3n) is 6.86. The first-order valence-electron chi connectivity index (χ1n) is 12.1. The van der Waals surface area contributed by atoms with Crippen LogP contribution >= 0.6 is 11.6 Å². The molecule has 0 radical (unpaired) electrons. The van der Waals surface area contributed by atoms with Crippen molar-refractivity contribution in [3.63, 3.8) is 0 Å². The van der Waals surface area contributed by atoms with Crippen molar-refractivity contribution in [2.24, 2.45) is 5.41 Å². The normalized spacial score (nSPS) is 22.5. The summed E-state index contributed by atoms with van der Waals surface area (Å²) in [6, 6.07) is 17.7. The van der Waals surface area contributed by atoms with Gasteiger partial charge in [0.15, 0.2) is 0 Å². The summed E-state index contributed by atoms with van der Waals surface area (Å²) in [5, 5.41) is 4.20. The van der Waals surface area contributed by atoms with Crippen LogP contribution in [0, 0.1) is 5.41 Å². The van der Waals surface area contributed by atoms with Crippen molar-refractivity contribution in [1.29, 1.82) is 0 Å². The van der Waals surface area contributed by atoms with Gasteiger partial charge in [-0.25, -0.2) is 0 Å². The number of amides is 1. The standard InChI is InChI=1S/C27H37ClN4O/c1-20-17-29-13-14-30(20)18-21-5-7-22(8-6-21)25-19-31(26(33)27(2,3)4)15-16-32(25)24-11-9-23(28)10-12-24/h5-12,20,25,29H,13-19H2,1-4H3/t20-,25-/m0/s1. The van der Waals surface area contributed by atoms with Crippen molar-refractivity contribution in [3.8, 4) is 0 Å². The fourth-order valence-corrected chi connectivity index (χ4v) is 4.99. The molecule has 0 unspecified atom stereocenters. The molecule has 0 saturated carbocycles. The van der Waals surface area contributed by atoms with Crippen LogP contribution in [0.4, 0.5) is 5.69 Å². The van der Waals surface area contributed by atoms with Crippen LogP contribution in [0.1, 0.15) is 44.9 Å². The molecular weight excluding hydrogens is 432 g/mol. The Bertz CT molecular complexity index is 938. The summed E-state index contributed by atoms with van der Waals surface area (Å²) in [5.74, 6) is 0.215. The van der Waals surface area contributed by atoms with Crippen LogP contribution in [-0.2, 0) is 11.3 Å². The minimum absolute atomic E-state index is 0.110. The van der Waals surface area contributed by atoms with Crippen LogP contribution in [0.15, 0.2) is 48.5 Å². The maximum absolute atomic E-state index is 13.1. The highest BCUT2D eigenvalue weighted by atomic mass is 35.5. The summed E-state index contributed by atoms with van der Waals surface area (Å²) in [7, 11) is 0. The lowest BCUT2D eigenvalue weighted by Gasteiger charge is -2.44. The summed E-state index contributed by atoms with van der Waals surface area (Å²) in [6.07, 6.45) is 0. The number of benzene rings is 2. The van der Waals surface area contributed by atoms with Crippen molar-refractivity contribution < 1.29 is 4.79 Å². The number of hydrogen-bond acceptors (Lipinski definition) is 4. The first-order valence-corrected chi connectivity index (χ1v) is 12.5. The summed E-state index contributed by atoms with van der Waals surface area (Å²) < 4.78 is 0. The van der Waals surface area contributed by atoms with Crippen LogP contribution in [0.25, 0.3) is 0 Å². The molecule has 2 heterocycles. The second-order valence-electron chi connectivity index (χ2n) is 10.5. The van der Waals surface area contributed by atoms with Crippen molar-refractivity contribution in [2.75, 3.05) is 44.2 Å². The molecule has 33 heavy (non-hydrogen) atoms. The van der Waals surface area contributed by atoms with Gasteiger partial charge in [0.2, 0.25) is 5.91 Å². The average molecular weight is 469 g/mol. The van der Waals surface area contributed by atoms with Crippen LogP contribution in [0.3, 0.4) is 0 Å². The summed E-state index contributed by atoms with van der Waals surface area (Å²) in [4.78, 5) is 20.1. The highest BCUT2D eigenvalue weighted by molar-refractivity contribution is 6.30. The van der Waals surface area contributed by atoms with Gasteiger partial charge in [-0.1, -0.05) is 56.6 Å². The van der Waals surface area contributed by atoms with Gasteiger partial charge in [-0.3, -0.25) is 9.69 Å². The van der Waals surface area contributed by atoms with Gasteiger partial charge in [0, 0.05) is 68.0 Å². The molecule has 0 spiro atoms. The summed E-state index contributed by atoms with van der Waals surface area (Å²) >= 11 is 6.15. The molecule has 2 aliphatic rings. The van der Waals surface area contributed by atoms with E-state index in [0.717, 1.165) is 50.0 Å². The highest BCUT2D eigenvalue weighted by Gasteiger charge is 2.35. The first-order chi connectivity index (χ1) is 15.7. The predicted molar refractivity (Wildman–Crippen MR) is 137 cm³/mol. The molecule has 6 heteroatoms. The molecule has 0 bridgehead atoms. The molecule has 4 rings (SSSR count). The zero-order chi connectivity index (χ0) is 23.6. The lowest BCUT2D eigenvalue weighted by atomic mass is 9.92. The van der Waals surface area contributed by atoms with Gasteiger partial charge in [-0.2, -0.15) is 0 Å². The zero-order valence-electron chi connectivity index (χ0n) is 20.4. The molecule has 2 saturated heterocycles. The van der Waals surface area contributed by atoms with E-state index in [2.05, 4.69) is 58.4 Å². The number of piperazine rings is 2. The van der Waals surface area contributed by atoms with E-state index in [-0.39, 0.29) is 17.4 Å². The van der Waals surface area contributed by atoms with E-state index in [1.807, 2.05) is 37.8 Å². The van der Waals surface area contributed by atoms with Gasteiger partial charge < -0.3 is 15.1 Å². The maximum Gasteiger partial charge on any atom is 0.228 e. The van der Waals surface area contributed by atoms with E-state index in [1.54, 1.807) is 0 Å². The molecule has 1 N–H and O–H groups in total. The Labute approximate surface area is 203 Å². The zero-order valence-corrected chi connectivity index (χ0v) is 21.1. The second-order valence-corrected chi connectivity index (χ2v) is 10.9. The number of carbonyl (C=O) groups is 1. The molecule has 5 nitrogen and oxygen atoms in total. The van der Waals surface area contributed by atoms with E-state index < -0.39 is 0 Å². The molecule has 0 aromatic heterocycles. The molecule has 2 aromatic rings. The lowest BCUT2D eigenvalue weighted by molar-refractivity contribution is -0.140. The van der Waals surface area contributed by atoms with Gasteiger partial charge in [0.1, 0.15) is 0 Å². The fourth-order valence-electron chi connectivity index (χ4n) is 4.87. The minimum atomic E-state index is -0.378. The predicted octanol–water partition coefficient (Wildman–Crippen LogP) is 4.57. The van der Waals surface area contributed by atoms with Crippen LogP contribution in [0.2, 0.25) is 5.02 Å². The molecule has 178 valence electrons. The highest BCUT2D eigenvalue weighted by Crippen LogP contribution is 2.33. The van der Waals surface area contributed by atoms with Crippen molar-refractivity contribution in [2.45, 2.75) is 46.3 Å². The van der Waals surface area contributed by atoms with Gasteiger partial charge in [0.05, 0.1) is 6.04 Å². The van der Waals surface area contributed by atoms with Gasteiger partial charge in [-0.05, 0) is 42.3 Å². The Morgan fingerprint density at radius 2 is 1.73 bits per heavy atom. The summed E-state index contributed by atoms with van der Waals surface area (Å²) in [5.41, 5.74) is 3.35. The SMILES string of the molecule is C[C@H]1CNCCN1Cc1ccc([C@@H]2CN(C(=O)C(C)(C)C)CCN2c2ccc(Cl)cc2)cc1. The monoisotopic (exact) mass is 468 g/mol. The molecule has 0 aliphatic carbocycles. The summed E-state index contributed by atoms with van der Waals surface area (Å²) in [6.45, 7) is 14.7. The Hall–Kier alpha value is -2.08. The van der Waals surface area contributed by atoms with E-state index in [9.17, 15) is 4.79 Å². The first kappa shape index (κ1) is 24.1. The Kier molecular flexibility index (Phi) is 7.32. The number of carbonyl (C=O) groups excluding carboxylic acids is 1. The van der Waals surface area contributed by atoms with Crippen molar-refractivity contribution in [1.82, 2.24) is 15.1 Å². The lowest BCUT2D eigenvalue weighted by Crippen LogP contribution is -2.53. The van der Waals surface area contributed by atoms with E-state index in [0.29, 0.717) is 12.6 Å². The average Bonchev–Trinajstić information content (AvgIpc) is 2.80. The van der Waals surface area contributed by atoms with E-state index >= 15 is 0 Å². The smallest absolute Gasteiger partial charge is 0.228 e. The number of anilines is 1. The topological polar surface area (TPSA) is 38.8 Å². The number of nitrogens with one attached hydrogen (secondary N) is 1. The quantitative estimate of drug-likeness (QED) is 0.713. The molecule has 1 amide bonds. The number of hydrogen-bond donors (Lipinski definition) is 1. The van der Waals surface area contributed by atoms with Gasteiger partial charge in [0.25, 0.3) is 0 Å². The number of halogens is 1. The van der Waals surface area contributed by atoms with Crippen molar-refractivity contribution in [3.05, 3.63) is 64.7 Å². The second kappa shape index (κ2) is 10.0. The van der Waals surface area contributed by atoms with Crippen LogP contribution < -0.4 is 10.2 Å². The Balaban J connectivity index is 1.56. The number of rotatable bonds is 4. The fraction of sp³-hybridized carbons (Fsp3) is 0.519. The maximum atomic E-state index is 13.1. The molecule has 2 aliphatic heterocycles. The third kappa shape index (κ3) is 5.71. The molecule has 2 fully saturated rings.